The van der Waals surface area contributed by atoms with Gasteiger partial charge in [0.25, 0.3) is 4.74 Å². The van der Waals surface area contributed by atoms with Crippen molar-refractivity contribution < 1.29 is 16.8 Å². The Bertz CT molecular complexity index is 1310. The first-order valence-corrected chi connectivity index (χ1v) is 13.4. The molecule has 1 N–H and O–H groups in total. The van der Waals surface area contributed by atoms with E-state index in [1.807, 2.05) is 0 Å². The van der Waals surface area contributed by atoms with E-state index in [2.05, 4.69) is 4.72 Å². The second kappa shape index (κ2) is 7.60. The molecule has 2 aromatic heterocycles. The van der Waals surface area contributed by atoms with Crippen LogP contribution in [-0.4, -0.2) is 44.2 Å². The standard InChI is InChI=1S/C17H19N3O5S4/c1-19-15-7-6-13(10-14(15)17(21)27-19)29(24,25)20-8-2-4-12(11-20)18-28(22,23)16-5-3-9-26-16/h3,5-7,9-10,12,18H,2,4,8,11H2,1H3. The molecule has 12 heteroatoms. The van der Waals surface area contributed by atoms with E-state index >= 15 is 0 Å². The van der Waals surface area contributed by atoms with Crippen molar-refractivity contribution in [3.05, 3.63) is 45.2 Å². The number of benzene rings is 1. The van der Waals surface area contributed by atoms with Crippen LogP contribution in [0.5, 0.6) is 0 Å². The zero-order valence-corrected chi connectivity index (χ0v) is 18.7. The number of piperidine rings is 1. The molecule has 1 aliphatic heterocycles. The molecule has 156 valence electrons. The molecule has 0 spiro atoms. The lowest BCUT2D eigenvalue weighted by atomic mass is 10.1. The van der Waals surface area contributed by atoms with Gasteiger partial charge in [-0.3, -0.25) is 8.75 Å². The van der Waals surface area contributed by atoms with Gasteiger partial charge in [-0.2, -0.15) is 4.31 Å². The largest absolute Gasteiger partial charge is 0.297 e. The minimum atomic E-state index is -3.85. The van der Waals surface area contributed by atoms with E-state index in [4.69, 9.17) is 0 Å². The summed E-state index contributed by atoms with van der Waals surface area (Å²) >= 11 is 2.13. The summed E-state index contributed by atoms with van der Waals surface area (Å²) in [6.45, 7) is 0.353. The smallest absolute Gasteiger partial charge is 0.257 e. The van der Waals surface area contributed by atoms with Gasteiger partial charge in [0.1, 0.15) is 4.21 Å². The van der Waals surface area contributed by atoms with Crippen LogP contribution < -0.4 is 9.46 Å². The van der Waals surface area contributed by atoms with Crippen molar-refractivity contribution in [2.24, 2.45) is 7.05 Å². The second-order valence-electron chi connectivity index (χ2n) is 6.81. The predicted octanol–water partition coefficient (Wildman–Crippen LogP) is 1.79. The third-order valence-electron chi connectivity index (χ3n) is 4.85. The first kappa shape index (κ1) is 20.7. The van der Waals surface area contributed by atoms with Crippen LogP contribution in [-0.2, 0) is 27.1 Å². The van der Waals surface area contributed by atoms with E-state index in [1.54, 1.807) is 28.5 Å². The number of aromatic nitrogens is 1. The van der Waals surface area contributed by atoms with Crippen molar-refractivity contribution >= 4 is 53.8 Å². The van der Waals surface area contributed by atoms with Gasteiger partial charge in [-0.15, -0.1) is 11.3 Å². The highest BCUT2D eigenvalue weighted by Gasteiger charge is 2.33. The van der Waals surface area contributed by atoms with E-state index in [0.29, 0.717) is 30.3 Å². The Morgan fingerprint density at radius 3 is 2.69 bits per heavy atom. The molecule has 0 aliphatic carbocycles. The Morgan fingerprint density at radius 1 is 1.17 bits per heavy atom. The monoisotopic (exact) mass is 473 g/mol. The number of fused-ring (bicyclic) bond motifs is 1. The summed E-state index contributed by atoms with van der Waals surface area (Å²) < 4.78 is 56.8. The molecular weight excluding hydrogens is 454 g/mol. The molecule has 4 rings (SSSR count). The summed E-state index contributed by atoms with van der Waals surface area (Å²) in [5, 5.41) is 2.04. The van der Waals surface area contributed by atoms with Crippen molar-refractivity contribution in [2.75, 3.05) is 13.1 Å². The van der Waals surface area contributed by atoms with Crippen molar-refractivity contribution in [3.63, 3.8) is 0 Å². The normalized spacial score (nSPS) is 19.0. The molecule has 0 saturated carbocycles. The zero-order valence-electron chi connectivity index (χ0n) is 15.4. The topological polar surface area (TPSA) is 106 Å². The van der Waals surface area contributed by atoms with Gasteiger partial charge in [-0.1, -0.05) is 6.07 Å². The third kappa shape index (κ3) is 3.92. The van der Waals surface area contributed by atoms with E-state index < -0.39 is 26.1 Å². The van der Waals surface area contributed by atoms with E-state index in [1.165, 1.54) is 22.5 Å². The SMILES string of the molecule is Cn1sc(=O)c2cc(S(=O)(=O)N3CCCC(NS(=O)(=O)c4cccs4)C3)ccc21. The summed E-state index contributed by atoms with van der Waals surface area (Å²) in [4.78, 5) is 12.1. The highest BCUT2D eigenvalue weighted by molar-refractivity contribution is 7.91. The maximum absolute atomic E-state index is 13.1. The molecule has 1 saturated heterocycles. The summed E-state index contributed by atoms with van der Waals surface area (Å²) in [5.74, 6) is 0. The van der Waals surface area contributed by atoms with Crippen LogP contribution in [0.4, 0.5) is 0 Å². The average molecular weight is 474 g/mol. The number of hydrogen-bond acceptors (Lipinski definition) is 7. The number of sulfonamides is 2. The third-order valence-corrected chi connectivity index (χ3v) is 10.5. The number of nitrogens with one attached hydrogen (secondary N) is 1. The number of nitrogens with zero attached hydrogens (tertiary/aromatic N) is 2. The Labute approximate surface area is 176 Å². The van der Waals surface area contributed by atoms with Gasteiger partial charge >= 0.3 is 0 Å². The number of aryl methyl sites for hydroxylation is 1. The lowest BCUT2D eigenvalue weighted by Gasteiger charge is -2.32. The van der Waals surface area contributed by atoms with Crippen LogP contribution in [0, 0.1) is 0 Å². The first-order chi connectivity index (χ1) is 13.7. The number of rotatable bonds is 5. The van der Waals surface area contributed by atoms with Crippen LogP contribution in [0.2, 0.25) is 0 Å². The van der Waals surface area contributed by atoms with Crippen LogP contribution in [0.3, 0.4) is 0 Å². The molecule has 1 fully saturated rings. The quantitative estimate of drug-likeness (QED) is 0.608. The van der Waals surface area contributed by atoms with E-state index in [0.717, 1.165) is 22.9 Å². The van der Waals surface area contributed by atoms with Crippen LogP contribution in [0.1, 0.15) is 12.8 Å². The maximum Gasteiger partial charge on any atom is 0.257 e. The van der Waals surface area contributed by atoms with Crippen molar-refractivity contribution in [1.82, 2.24) is 13.0 Å². The van der Waals surface area contributed by atoms with Crippen LogP contribution >= 0.6 is 22.9 Å². The van der Waals surface area contributed by atoms with Gasteiger partial charge in [-0.05, 0) is 54.0 Å². The minimum Gasteiger partial charge on any atom is -0.297 e. The zero-order chi connectivity index (χ0) is 20.8. The Morgan fingerprint density at radius 2 is 1.97 bits per heavy atom. The Kier molecular flexibility index (Phi) is 5.42. The minimum absolute atomic E-state index is 0.0438. The van der Waals surface area contributed by atoms with Gasteiger partial charge in [-0.25, -0.2) is 21.6 Å². The molecule has 29 heavy (non-hydrogen) atoms. The summed E-state index contributed by atoms with van der Waals surface area (Å²) in [7, 11) is -5.78. The van der Waals surface area contributed by atoms with Gasteiger partial charge in [0, 0.05) is 26.2 Å². The molecule has 0 bridgehead atoms. The summed E-state index contributed by atoms with van der Waals surface area (Å²) in [6, 6.07) is 7.18. The maximum atomic E-state index is 13.1. The molecule has 8 nitrogen and oxygen atoms in total. The van der Waals surface area contributed by atoms with Crippen LogP contribution in [0.15, 0.2) is 49.6 Å². The lowest BCUT2D eigenvalue weighted by molar-refractivity contribution is 0.303. The Balaban J connectivity index is 1.59. The van der Waals surface area contributed by atoms with Gasteiger partial charge < -0.3 is 0 Å². The fourth-order valence-corrected chi connectivity index (χ4v) is 8.03. The van der Waals surface area contributed by atoms with Gasteiger partial charge in [0.15, 0.2) is 0 Å². The lowest BCUT2D eigenvalue weighted by Crippen LogP contribution is -2.49. The molecule has 1 atom stereocenters. The summed E-state index contributed by atoms with van der Waals surface area (Å²) in [6.07, 6.45) is 1.10. The first-order valence-electron chi connectivity index (χ1n) is 8.84. The molecule has 1 unspecified atom stereocenters. The average Bonchev–Trinajstić information content (AvgIpc) is 3.31. The fourth-order valence-electron chi connectivity index (χ4n) is 3.44. The van der Waals surface area contributed by atoms with E-state index in [9.17, 15) is 21.6 Å². The van der Waals surface area contributed by atoms with Gasteiger partial charge in [0.2, 0.25) is 20.0 Å². The molecule has 3 aromatic rings. The Hall–Kier alpha value is -1.57. The predicted molar refractivity (Wildman–Crippen MR) is 113 cm³/mol. The van der Waals surface area contributed by atoms with Crippen molar-refractivity contribution in [2.45, 2.75) is 28.0 Å². The highest BCUT2D eigenvalue weighted by atomic mass is 32.2. The molecule has 0 radical (unpaired) electrons. The number of hydrogen-bond donors (Lipinski definition) is 1. The van der Waals surface area contributed by atoms with E-state index in [-0.39, 0.29) is 20.4 Å². The van der Waals surface area contributed by atoms with Crippen molar-refractivity contribution in [1.29, 1.82) is 0 Å². The molecule has 0 amide bonds. The molecular formula is C17H19N3O5S4. The molecule has 1 aliphatic rings. The number of thiophene rings is 1. The second-order valence-corrected chi connectivity index (χ2v) is 12.7. The van der Waals surface area contributed by atoms with Crippen molar-refractivity contribution in [3.8, 4) is 0 Å². The fraction of sp³-hybridized carbons (Fsp3) is 0.353. The highest BCUT2D eigenvalue weighted by Crippen LogP contribution is 2.25. The molecule has 1 aromatic carbocycles. The summed E-state index contributed by atoms with van der Waals surface area (Å²) in [5.41, 5.74) is 0.680. The van der Waals surface area contributed by atoms with Crippen LogP contribution in [0.25, 0.3) is 10.9 Å². The molecule has 3 heterocycles. The van der Waals surface area contributed by atoms with Gasteiger partial charge in [0.05, 0.1) is 15.8 Å².